The van der Waals surface area contributed by atoms with Crippen LogP contribution < -0.4 is 5.32 Å². The maximum atomic E-state index is 13.5. The maximum Gasteiger partial charge on any atom is 0.184 e. The number of nitrogens with one attached hydrogen (secondary N) is 1. The molecule has 31 heavy (non-hydrogen) atoms. The molecule has 3 atom stereocenters. The summed E-state index contributed by atoms with van der Waals surface area (Å²) in [4.78, 5) is 1.82. The first-order valence-electron chi connectivity index (χ1n) is 9.76. The second-order valence-corrected chi connectivity index (χ2v) is 12.4. The van der Waals surface area contributed by atoms with Crippen LogP contribution in [-0.2, 0) is 19.7 Å². The summed E-state index contributed by atoms with van der Waals surface area (Å²) in [6.07, 6.45) is 0. The highest BCUT2D eigenvalue weighted by atomic mass is 32.2. The second-order valence-electron chi connectivity index (χ2n) is 8.12. The molecule has 2 aromatic carbocycles. The van der Waals surface area contributed by atoms with Gasteiger partial charge in [-0.3, -0.25) is 0 Å². The molecule has 1 saturated heterocycles. The Morgan fingerprint density at radius 3 is 2.26 bits per heavy atom. The first kappa shape index (κ1) is 23.8. The Morgan fingerprint density at radius 1 is 1.06 bits per heavy atom. The predicted octanol–water partition coefficient (Wildman–Crippen LogP) is 2.11. The lowest BCUT2D eigenvalue weighted by Crippen LogP contribution is -2.46. The number of hydrogen-bond donors (Lipinski definition) is 1. The second kappa shape index (κ2) is 8.93. The molecule has 0 saturated carbocycles. The summed E-state index contributed by atoms with van der Waals surface area (Å²) in [5.41, 5.74) is 1.05. The number of likely N-dealkylation sites (N-methyl/N-ethyl adjacent to an activating group) is 1. The van der Waals surface area contributed by atoms with Gasteiger partial charge in [0.1, 0.15) is 11.6 Å². The first-order valence-corrected chi connectivity index (χ1v) is 13.1. The standard InChI is InChI=1S/C21H26F2N2O4S2/c1-14-10-17(23)8-9-20(14)31(28,29)21-13-30(26,27)12-18(21)24-11-19(25(2)3)15-4-6-16(22)7-5-15/h4-10,18-19,21,24H,11-13H2,1-3H3/t18-,19?,21-/m0/s1. The quantitative estimate of drug-likeness (QED) is 0.622. The van der Waals surface area contributed by atoms with E-state index in [4.69, 9.17) is 0 Å². The van der Waals surface area contributed by atoms with Crippen LogP contribution in [-0.4, -0.2) is 65.2 Å². The van der Waals surface area contributed by atoms with Crippen molar-refractivity contribution in [2.24, 2.45) is 0 Å². The molecule has 0 spiro atoms. The molecule has 1 heterocycles. The van der Waals surface area contributed by atoms with Crippen molar-refractivity contribution in [3.05, 3.63) is 65.2 Å². The van der Waals surface area contributed by atoms with E-state index in [1.54, 1.807) is 12.1 Å². The average Bonchev–Trinajstić information content (AvgIpc) is 2.98. The zero-order chi connectivity index (χ0) is 23.0. The summed E-state index contributed by atoms with van der Waals surface area (Å²) < 4.78 is 78.0. The molecule has 0 bridgehead atoms. The molecule has 1 aliphatic heterocycles. The van der Waals surface area contributed by atoms with Crippen LogP contribution >= 0.6 is 0 Å². The fourth-order valence-electron chi connectivity index (χ4n) is 3.95. The van der Waals surface area contributed by atoms with Crippen LogP contribution in [0.4, 0.5) is 8.78 Å². The van der Waals surface area contributed by atoms with E-state index in [1.165, 1.54) is 25.1 Å². The van der Waals surface area contributed by atoms with Crippen molar-refractivity contribution < 1.29 is 25.6 Å². The summed E-state index contributed by atoms with van der Waals surface area (Å²) in [5, 5.41) is 1.94. The maximum absolute atomic E-state index is 13.5. The Morgan fingerprint density at radius 2 is 1.68 bits per heavy atom. The van der Waals surface area contributed by atoms with Crippen molar-refractivity contribution >= 4 is 19.7 Å². The summed E-state index contributed by atoms with van der Waals surface area (Å²) in [6, 6.07) is 8.29. The lowest BCUT2D eigenvalue weighted by molar-refractivity contribution is 0.281. The summed E-state index contributed by atoms with van der Waals surface area (Å²) in [5.74, 6) is -1.72. The van der Waals surface area contributed by atoms with Crippen LogP contribution in [0.5, 0.6) is 0 Å². The molecule has 3 rings (SSSR count). The van der Waals surface area contributed by atoms with Crippen LogP contribution in [0, 0.1) is 18.6 Å². The molecule has 1 fully saturated rings. The van der Waals surface area contributed by atoms with E-state index in [0.717, 1.165) is 17.7 Å². The van der Waals surface area contributed by atoms with Gasteiger partial charge in [0.05, 0.1) is 21.7 Å². The van der Waals surface area contributed by atoms with Crippen LogP contribution in [0.3, 0.4) is 0 Å². The van der Waals surface area contributed by atoms with E-state index in [-0.39, 0.29) is 34.6 Å². The largest absolute Gasteiger partial charge is 0.310 e. The van der Waals surface area contributed by atoms with Crippen LogP contribution in [0.25, 0.3) is 0 Å². The van der Waals surface area contributed by atoms with Crippen LogP contribution in [0.15, 0.2) is 47.4 Å². The van der Waals surface area contributed by atoms with E-state index < -0.39 is 42.5 Å². The zero-order valence-electron chi connectivity index (χ0n) is 17.5. The monoisotopic (exact) mass is 472 g/mol. The fraction of sp³-hybridized carbons (Fsp3) is 0.429. The Bertz CT molecular complexity index is 1150. The van der Waals surface area contributed by atoms with Crippen molar-refractivity contribution in [1.29, 1.82) is 0 Å². The number of rotatable bonds is 7. The molecule has 1 unspecified atom stereocenters. The molecular formula is C21H26F2N2O4S2. The Balaban J connectivity index is 1.87. The summed E-state index contributed by atoms with van der Waals surface area (Å²) in [6.45, 7) is 1.76. The molecule has 0 aromatic heterocycles. The lowest BCUT2D eigenvalue weighted by atomic mass is 10.1. The van der Waals surface area contributed by atoms with Gasteiger partial charge in [-0.15, -0.1) is 0 Å². The number of aryl methyl sites for hydroxylation is 1. The number of halogens is 2. The average molecular weight is 473 g/mol. The minimum atomic E-state index is -4.02. The summed E-state index contributed by atoms with van der Waals surface area (Å²) in [7, 11) is -3.93. The highest BCUT2D eigenvalue weighted by molar-refractivity contribution is 7.96. The van der Waals surface area contributed by atoms with E-state index >= 15 is 0 Å². The third-order valence-corrected chi connectivity index (χ3v) is 9.90. The van der Waals surface area contributed by atoms with Crippen molar-refractivity contribution in [3.8, 4) is 0 Å². The van der Waals surface area contributed by atoms with Crippen LogP contribution in [0.1, 0.15) is 17.2 Å². The fourth-order valence-corrected chi connectivity index (χ4v) is 8.90. The normalized spacial score (nSPS) is 22.0. The van der Waals surface area contributed by atoms with Gasteiger partial charge < -0.3 is 10.2 Å². The zero-order valence-corrected chi connectivity index (χ0v) is 19.2. The molecule has 1 aliphatic rings. The molecular weight excluding hydrogens is 446 g/mol. The summed E-state index contributed by atoms with van der Waals surface area (Å²) >= 11 is 0. The predicted molar refractivity (Wildman–Crippen MR) is 115 cm³/mol. The third kappa shape index (κ3) is 5.31. The van der Waals surface area contributed by atoms with Gasteiger partial charge in [-0.1, -0.05) is 12.1 Å². The minimum Gasteiger partial charge on any atom is -0.310 e. The van der Waals surface area contributed by atoms with Gasteiger partial charge in [-0.2, -0.15) is 0 Å². The number of nitrogens with zero attached hydrogens (tertiary/aromatic N) is 1. The smallest absolute Gasteiger partial charge is 0.184 e. The highest BCUT2D eigenvalue weighted by Gasteiger charge is 2.46. The van der Waals surface area contributed by atoms with Gasteiger partial charge in [0.25, 0.3) is 0 Å². The van der Waals surface area contributed by atoms with E-state index in [9.17, 15) is 25.6 Å². The van der Waals surface area contributed by atoms with Crippen molar-refractivity contribution in [2.75, 3.05) is 32.1 Å². The molecule has 0 amide bonds. The third-order valence-electron chi connectivity index (χ3n) is 5.59. The van der Waals surface area contributed by atoms with Gasteiger partial charge in [0.2, 0.25) is 0 Å². The van der Waals surface area contributed by atoms with E-state index in [2.05, 4.69) is 5.32 Å². The van der Waals surface area contributed by atoms with Gasteiger partial charge in [-0.05, 0) is 62.5 Å². The number of hydrogen-bond acceptors (Lipinski definition) is 6. The first-order chi connectivity index (χ1) is 14.4. The number of sulfone groups is 2. The molecule has 2 aromatic rings. The van der Waals surface area contributed by atoms with Gasteiger partial charge in [-0.25, -0.2) is 25.6 Å². The highest BCUT2D eigenvalue weighted by Crippen LogP contribution is 2.29. The van der Waals surface area contributed by atoms with Crippen molar-refractivity contribution in [2.45, 2.75) is 29.2 Å². The molecule has 1 N–H and O–H groups in total. The molecule has 0 radical (unpaired) electrons. The number of benzene rings is 2. The van der Waals surface area contributed by atoms with Gasteiger partial charge >= 0.3 is 0 Å². The van der Waals surface area contributed by atoms with E-state index in [1.807, 2.05) is 19.0 Å². The molecule has 170 valence electrons. The van der Waals surface area contributed by atoms with Crippen molar-refractivity contribution in [3.63, 3.8) is 0 Å². The SMILES string of the molecule is Cc1cc(F)ccc1S(=O)(=O)[C@H]1CS(=O)(=O)C[C@@H]1NCC(c1ccc(F)cc1)N(C)C. The van der Waals surface area contributed by atoms with E-state index in [0.29, 0.717) is 0 Å². The van der Waals surface area contributed by atoms with Gasteiger partial charge in [0, 0.05) is 18.6 Å². The Labute approximate surface area is 182 Å². The van der Waals surface area contributed by atoms with Gasteiger partial charge in [0.15, 0.2) is 19.7 Å². The van der Waals surface area contributed by atoms with Crippen molar-refractivity contribution in [1.82, 2.24) is 10.2 Å². The lowest BCUT2D eigenvalue weighted by Gasteiger charge is -2.28. The molecule has 10 heteroatoms. The molecule has 6 nitrogen and oxygen atoms in total. The van der Waals surface area contributed by atoms with Crippen LogP contribution in [0.2, 0.25) is 0 Å². The topological polar surface area (TPSA) is 83.5 Å². The minimum absolute atomic E-state index is 0.0644. The Hall–Kier alpha value is -1.88. The molecule has 0 aliphatic carbocycles. The Kier molecular flexibility index (Phi) is 6.85.